The van der Waals surface area contributed by atoms with Gasteiger partial charge in [0.25, 0.3) is 5.56 Å². The lowest BCUT2D eigenvalue weighted by molar-refractivity contribution is 0.0695. The molecule has 0 amide bonds. The molecule has 2 aromatic rings. The molecule has 20 heavy (non-hydrogen) atoms. The first-order valence-corrected chi connectivity index (χ1v) is 5.99. The Hall–Kier alpha value is -2.82. The fraction of sp³-hybridized carbons (Fsp3) is 0.0667. The van der Waals surface area contributed by atoms with E-state index < -0.39 is 11.5 Å². The zero-order valence-electron chi connectivity index (χ0n) is 10.6. The molecule has 0 aliphatic carbocycles. The summed E-state index contributed by atoms with van der Waals surface area (Å²) in [5, 5.41) is 8.35. The highest BCUT2D eigenvalue weighted by Gasteiger charge is 2.04. The van der Waals surface area contributed by atoms with Gasteiger partial charge in [-0.2, -0.15) is 0 Å². The Kier molecular flexibility index (Phi) is 4.34. The van der Waals surface area contributed by atoms with Crippen molar-refractivity contribution < 1.29 is 14.6 Å². The summed E-state index contributed by atoms with van der Waals surface area (Å²) in [4.78, 5) is 23.1. The molecular weight excluding hydrogens is 258 g/mol. The van der Waals surface area contributed by atoms with E-state index in [0.717, 1.165) is 12.2 Å². The highest BCUT2D eigenvalue weighted by molar-refractivity contribution is 5.86. The fourth-order valence-electron chi connectivity index (χ4n) is 1.67. The maximum atomic E-state index is 10.6. The molecule has 0 spiro atoms. The lowest BCUT2D eigenvalue weighted by Crippen LogP contribution is -2.15. The normalized spacial score (nSPS) is 11.6. The van der Waals surface area contributed by atoms with Crippen molar-refractivity contribution in [3.8, 4) is 5.75 Å². The van der Waals surface area contributed by atoms with Crippen molar-refractivity contribution in [3.05, 3.63) is 76.4 Å². The van der Waals surface area contributed by atoms with Gasteiger partial charge >= 0.3 is 5.97 Å². The van der Waals surface area contributed by atoms with Crippen LogP contribution in [0.25, 0.3) is 0 Å². The number of aromatic carboxylic acids is 1. The maximum Gasteiger partial charge on any atom is 0.341 e. The van der Waals surface area contributed by atoms with E-state index in [2.05, 4.69) is 11.1 Å². The van der Waals surface area contributed by atoms with E-state index in [1.165, 1.54) is 23.9 Å². The first kappa shape index (κ1) is 13.6. The van der Waals surface area contributed by atoms with Crippen molar-refractivity contribution in [2.45, 2.75) is 6.42 Å². The third-order valence-electron chi connectivity index (χ3n) is 2.65. The summed E-state index contributed by atoms with van der Waals surface area (Å²) in [6, 6.07) is 10.8. The third-order valence-corrected chi connectivity index (χ3v) is 2.65. The van der Waals surface area contributed by atoms with Crippen LogP contribution in [0, 0.1) is 0 Å². The summed E-state index contributed by atoms with van der Waals surface area (Å²) >= 11 is 0. The van der Waals surface area contributed by atoms with Crippen LogP contribution in [0.3, 0.4) is 0 Å². The molecule has 1 aliphatic heterocycles. The number of carboxylic acid groups (broad SMARTS) is 1. The number of hydrogen-bond donors (Lipinski definition) is 2. The van der Waals surface area contributed by atoms with Crippen LogP contribution in [-0.2, 0) is 6.42 Å². The molecule has 102 valence electrons. The smallest absolute Gasteiger partial charge is 0.341 e. The van der Waals surface area contributed by atoms with E-state index in [1.807, 2.05) is 24.3 Å². The minimum absolute atomic E-state index is 0.234. The summed E-state index contributed by atoms with van der Waals surface area (Å²) in [5.41, 5.74) is 0.461. The van der Waals surface area contributed by atoms with E-state index in [4.69, 9.17) is 9.84 Å². The Labute approximate surface area is 115 Å². The van der Waals surface area contributed by atoms with E-state index in [0.29, 0.717) is 0 Å². The predicted octanol–water partition coefficient (Wildman–Crippen LogP) is 2.21. The number of ether oxygens (including phenoxy) is 1. The zero-order valence-corrected chi connectivity index (χ0v) is 10.6. The van der Waals surface area contributed by atoms with E-state index >= 15 is 0 Å². The Morgan fingerprint density at radius 3 is 2.65 bits per heavy atom. The van der Waals surface area contributed by atoms with E-state index in [9.17, 15) is 9.59 Å². The number of aromatic nitrogens is 1. The average molecular weight is 271 g/mol. The first-order chi connectivity index (χ1) is 9.68. The van der Waals surface area contributed by atoms with Crippen molar-refractivity contribution in [2.75, 3.05) is 0 Å². The molecular formula is C15H13NO4. The van der Waals surface area contributed by atoms with Crippen LogP contribution >= 0.6 is 0 Å². The molecule has 0 saturated carbocycles. The largest absolute Gasteiger partial charge is 0.477 e. The number of carbonyl (C=O) groups is 1. The second kappa shape index (κ2) is 6.38. The number of fused-ring (bicyclic) bond motifs is 1. The number of carboxylic acids is 1. The van der Waals surface area contributed by atoms with Gasteiger partial charge in [0.1, 0.15) is 11.3 Å². The Balaban J connectivity index is 0.000000147. The van der Waals surface area contributed by atoms with Gasteiger partial charge in [-0.1, -0.05) is 18.2 Å². The van der Waals surface area contributed by atoms with E-state index in [1.54, 1.807) is 6.26 Å². The molecule has 1 aromatic heterocycles. The van der Waals surface area contributed by atoms with Crippen LogP contribution in [0.1, 0.15) is 15.9 Å². The Morgan fingerprint density at radius 2 is 2.00 bits per heavy atom. The highest BCUT2D eigenvalue weighted by atomic mass is 16.5. The summed E-state index contributed by atoms with van der Waals surface area (Å²) in [7, 11) is 0. The molecule has 5 heteroatoms. The minimum atomic E-state index is -1.21. The standard InChI is InChI=1S/C9H8O.C6H5NO3/c1-2-6-9-8(4-1)5-3-7-10-9;8-5-4(6(9)10)2-1-3-7-5/h1-4,6-7H,5H2;1-3H,(H,7,8)(H,9,10). The topological polar surface area (TPSA) is 79.4 Å². The van der Waals surface area contributed by atoms with Crippen molar-refractivity contribution in [3.63, 3.8) is 0 Å². The summed E-state index contributed by atoms with van der Waals surface area (Å²) < 4.78 is 5.24. The van der Waals surface area contributed by atoms with Crippen LogP contribution < -0.4 is 10.3 Å². The number of H-pyrrole nitrogens is 1. The van der Waals surface area contributed by atoms with Gasteiger partial charge in [-0.05, 0) is 36.3 Å². The van der Waals surface area contributed by atoms with Gasteiger partial charge < -0.3 is 14.8 Å². The minimum Gasteiger partial charge on any atom is -0.477 e. The van der Waals surface area contributed by atoms with Crippen LogP contribution in [0.5, 0.6) is 5.75 Å². The molecule has 1 aliphatic rings. The van der Waals surface area contributed by atoms with Gasteiger partial charge in [-0.15, -0.1) is 0 Å². The molecule has 1 aromatic carbocycles. The molecule has 0 atom stereocenters. The monoisotopic (exact) mass is 271 g/mol. The number of hydrogen-bond acceptors (Lipinski definition) is 3. The summed E-state index contributed by atoms with van der Waals surface area (Å²) in [6.45, 7) is 0. The van der Waals surface area contributed by atoms with Crippen LogP contribution in [0.4, 0.5) is 0 Å². The number of benzene rings is 1. The van der Waals surface area contributed by atoms with Crippen LogP contribution in [0.15, 0.2) is 59.7 Å². The van der Waals surface area contributed by atoms with Gasteiger partial charge in [0.15, 0.2) is 0 Å². The molecule has 0 fully saturated rings. The molecule has 0 saturated heterocycles. The molecule has 5 nitrogen and oxygen atoms in total. The average Bonchev–Trinajstić information content (AvgIpc) is 2.48. The van der Waals surface area contributed by atoms with Gasteiger partial charge in [0.05, 0.1) is 6.26 Å². The lowest BCUT2D eigenvalue weighted by Gasteiger charge is -2.09. The lowest BCUT2D eigenvalue weighted by atomic mass is 10.1. The molecule has 0 bridgehead atoms. The second-order valence-corrected chi connectivity index (χ2v) is 4.02. The van der Waals surface area contributed by atoms with Crippen LogP contribution in [0.2, 0.25) is 0 Å². The third kappa shape index (κ3) is 3.35. The predicted molar refractivity (Wildman–Crippen MR) is 73.9 cm³/mol. The molecule has 0 radical (unpaired) electrons. The molecule has 2 N–H and O–H groups in total. The molecule has 2 heterocycles. The zero-order chi connectivity index (χ0) is 14.4. The number of rotatable bonds is 1. The number of para-hydroxylation sites is 1. The van der Waals surface area contributed by atoms with Crippen molar-refractivity contribution in [2.24, 2.45) is 0 Å². The van der Waals surface area contributed by atoms with Gasteiger partial charge in [0.2, 0.25) is 0 Å². The van der Waals surface area contributed by atoms with Crippen LogP contribution in [-0.4, -0.2) is 16.1 Å². The Morgan fingerprint density at radius 1 is 1.20 bits per heavy atom. The van der Waals surface area contributed by atoms with Crippen molar-refractivity contribution >= 4 is 5.97 Å². The quantitative estimate of drug-likeness (QED) is 0.833. The van der Waals surface area contributed by atoms with Crippen molar-refractivity contribution in [1.82, 2.24) is 4.98 Å². The number of allylic oxidation sites excluding steroid dienone is 1. The number of pyridine rings is 1. The fourth-order valence-corrected chi connectivity index (χ4v) is 1.67. The second-order valence-electron chi connectivity index (χ2n) is 4.02. The first-order valence-electron chi connectivity index (χ1n) is 5.99. The Bertz CT molecular complexity index is 661. The number of nitrogens with one attached hydrogen (secondary N) is 1. The summed E-state index contributed by atoms with van der Waals surface area (Å²) in [5.74, 6) is -0.216. The van der Waals surface area contributed by atoms with Gasteiger partial charge in [-0.3, -0.25) is 4.79 Å². The highest BCUT2D eigenvalue weighted by Crippen LogP contribution is 2.21. The maximum absolute atomic E-state index is 10.6. The molecule has 0 unspecified atom stereocenters. The van der Waals surface area contributed by atoms with Gasteiger partial charge in [-0.25, -0.2) is 4.79 Å². The van der Waals surface area contributed by atoms with Crippen molar-refractivity contribution in [1.29, 1.82) is 0 Å². The SMILES string of the molecule is C1=COc2ccccc2C1.O=C(O)c1ccc[nH]c1=O. The number of aromatic amines is 1. The summed E-state index contributed by atoms with van der Waals surface area (Å²) in [6.07, 6.45) is 6.13. The molecule has 3 rings (SSSR count). The van der Waals surface area contributed by atoms with E-state index in [-0.39, 0.29) is 5.56 Å². The van der Waals surface area contributed by atoms with Gasteiger partial charge in [0, 0.05) is 6.20 Å².